The summed E-state index contributed by atoms with van der Waals surface area (Å²) in [7, 11) is 1.49. The van der Waals surface area contributed by atoms with Gasteiger partial charge < -0.3 is 14.8 Å². The van der Waals surface area contributed by atoms with E-state index in [1.807, 2.05) is 0 Å². The average Bonchev–Trinajstić information content (AvgIpc) is 3.25. The average molecular weight is 352 g/mol. The van der Waals surface area contributed by atoms with E-state index in [9.17, 15) is 4.79 Å². The van der Waals surface area contributed by atoms with Gasteiger partial charge in [-0.15, -0.1) is 0 Å². The van der Waals surface area contributed by atoms with E-state index in [2.05, 4.69) is 41.4 Å². The highest BCUT2D eigenvalue weighted by Gasteiger charge is 2.73. The molecule has 1 N–H and O–H groups in total. The quantitative estimate of drug-likeness (QED) is 0.654. The fourth-order valence-corrected chi connectivity index (χ4v) is 6.80. The van der Waals surface area contributed by atoms with Crippen molar-refractivity contribution in [1.29, 1.82) is 0 Å². The van der Waals surface area contributed by atoms with Gasteiger partial charge >= 0.3 is 5.97 Å². The van der Waals surface area contributed by atoms with E-state index in [4.69, 9.17) is 9.47 Å². The second kappa shape index (κ2) is 4.70. The minimum atomic E-state index is -0.188. The number of benzene rings is 1. The molecule has 0 aromatic heterocycles. The fraction of sp³-hybridized carbons (Fsp3) is 0.571. The largest absolute Gasteiger partial charge is 0.466 e. The Kier molecular flexibility index (Phi) is 2.75. The van der Waals surface area contributed by atoms with E-state index in [-0.39, 0.29) is 22.9 Å². The second-order valence-electron chi connectivity index (χ2n) is 8.49. The number of rotatable bonds is 2. The molecular weight excluding hydrogens is 328 g/mol. The Morgan fingerprint density at radius 2 is 2.27 bits per heavy atom. The summed E-state index contributed by atoms with van der Waals surface area (Å²) in [6, 6.07) is 8.97. The molecule has 6 rings (SSSR count). The van der Waals surface area contributed by atoms with Gasteiger partial charge in [0.15, 0.2) is 0 Å². The Bertz CT molecular complexity index is 865. The van der Waals surface area contributed by atoms with Gasteiger partial charge in [-0.2, -0.15) is 0 Å². The molecule has 0 bridgehead atoms. The minimum absolute atomic E-state index is 0.00836. The normalized spacial score (nSPS) is 41.7. The smallest absolute Gasteiger partial charge is 0.335 e. The van der Waals surface area contributed by atoms with Crippen molar-refractivity contribution < 1.29 is 14.3 Å². The van der Waals surface area contributed by atoms with E-state index in [1.54, 1.807) is 0 Å². The molecule has 1 aromatic carbocycles. The molecule has 4 heterocycles. The zero-order valence-corrected chi connectivity index (χ0v) is 15.2. The molecule has 3 fully saturated rings. The zero-order chi connectivity index (χ0) is 17.7. The van der Waals surface area contributed by atoms with E-state index in [0.717, 1.165) is 49.3 Å². The van der Waals surface area contributed by atoms with Crippen LogP contribution < -0.4 is 5.32 Å². The van der Waals surface area contributed by atoms with Gasteiger partial charge in [0.1, 0.15) is 0 Å². The van der Waals surface area contributed by atoms with E-state index >= 15 is 0 Å². The number of hydrogen-bond donors (Lipinski definition) is 1. The lowest BCUT2D eigenvalue weighted by Gasteiger charge is -2.54. The Labute approximate surface area is 153 Å². The van der Waals surface area contributed by atoms with Crippen molar-refractivity contribution in [2.24, 2.45) is 5.41 Å². The van der Waals surface area contributed by atoms with Crippen molar-refractivity contribution in [2.75, 3.05) is 25.5 Å². The van der Waals surface area contributed by atoms with Crippen LogP contribution >= 0.6 is 0 Å². The van der Waals surface area contributed by atoms with Crippen LogP contribution in [0.3, 0.4) is 0 Å². The van der Waals surface area contributed by atoms with Gasteiger partial charge in [-0.25, -0.2) is 4.79 Å². The van der Waals surface area contributed by atoms with Crippen molar-refractivity contribution in [3.05, 3.63) is 41.1 Å². The summed E-state index contributed by atoms with van der Waals surface area (Å²) in [5, 5.41) is 3.63. The molecule has 0 saturated carbocycles. The molecule has 26 heavy (non-hydrogen) atoms. The fourth-order valence-electron chi connectivity index (χ4n) is 6.80. The first kappa shape index (κ1) is 15.2. The van der Waals surface area contributed by atoms with Crippen LogP contribution in [-0.2, 0) is 19.7 Å². The Hall–Kier alpha value is -1.85. The molecule has 0 amide bonds. The van der Waals surface area contributed by atoms with Crippen LogP contribution in [0.5, 0.6) is 0 Å². The van der Waals surface area contributed by atoms with Crippen molar-refractivity contribution in [2.45, 2.75) is 49.9 Å². The molecule has 5 atom stereocenters. The number of nitrogens with zero attached hydrogens (tertiary/aromatic N) is 1. The lowest BCUT2D eigenvalue weighted by Crippen LogP contribution is -2.63. The van der Waals surface area contributed by atoms with Crippen LogP contribution in [0.4, 0.5) is 5.69 Å². The minimum Gasteiger partial charge on any atom is -0.466 e. The number of esters is 1. The third-order valence-electron chi connectivity index (χ3n) is 7.74. The number of piperidine rings is 1. The first-order valence-electron chi connectivity index (χ1n) is 9.73. The second-order valence-corrected chi connectivity index (χ2v) is 8.49. The van der Waals surface area contributed by atoms with E-state index in [0.29, 0.717) is 12.1 Å². The van der Waals surface area contributed by atoms with Gasteiger partial charge in [0.2, 0.25) is 0 Å². The zero-order valence-electron chi connectivity index (χ0n) is 15.2. The van der Waals surface area contributed by atoms with Crippen molar-refractivity contribution in [3.8, 4) is 0 Å². The number of carbonyl (C=O) groups excluding carboxylic acids is 1. The Morgan fingerprint density at radius 1 is 1.42 bits per heavy atom. The van der Waals surface area contributed by atoms with Gasteiger partial charge in [0, 0.05) is 29.4 Å². The number of methoxy groups -OCH3 is 1. The number of carbonyl (C=O) groups is 1. The van der Waals surface area contributed by atoms with Crippen molar-refractivity contribution >= 4 is 11.7 Å². The predicted molar refractivity (Wildman–Crippen MR) is 96.8 cm³/mol. The molecule has 3 saturated heterocycles. The van der Waals surface area contributed by atoms with Crippen LogP contribution in [0.25, 0.3) is 0 Å². The first-order valence-corrected chi connectivity index (χ1v) is 9.73. The number of fused-ring (bicyclic) bond motifs is 3. The number of ether oxygens (including phenoxy) is 2. The maximum Gasteiger partial charge on any atom is 0.335 e. The summed E-state index contributed by atoms with van der Waals surface area (Å²) in [4.78, 5) is 15.5. The lowest BCUT2D eigenvalue weighted by molar-refractivity contribution is -0.137. The van der Waals surface area contributed by atoms with Gasteiger partial charge in [0.05, 0.1) is 30.3 Å². The summed E-state index contributed by atoms with van der Waals surface area (Å²) < 4.78 is 11.4. The van der Waals surface area contributed by atoms with Gasteiger partial charge in [-0.1, -0.05) is 25.1 Å². The first-order chi connectivity index (χ1) is 12.7. The Morgan fingerprint density at radius 3 is 3.08 bits per heavy atom. The molecule has 5 aliphatic rings. The Balaban J connectivity index is 1.66. The van der Waals surface area contributed by atoms with Crippen LogP contribution in [0.2, 0.25) is 0 Å². The number of hydrogen-bond acceptors (Lipinski definition) is 5. The van der Waals surface area contributed by atoms with Crippen LogP contribution in [0, 0.1) is 5.41 Å². The number of epoxide rings is 1. The molecule has 136 valence electrons. The maximum absolute atomic E-state index is 12.8. The summed E-state index contributed by atoms with van der Waals surface area (Å²) in [6.07, 6.45) is 3.44. The van der Waals surface area contributed by atoms with Crippen LogP contribution in [0.15, 0.2) is 35.5 Å². The third kappa shape index (κ3) is 1.50. The molecular formula is C21H24N2O3. The number of nitrogens with one attached hydrogen (secondary N) is 1. The van der Waals surface area contributed by atoms with Crippen molar-refractivity contribution in [3.63, 3.8) is 0 Å². The van der Waals surface area contributed by atoms with Gasteiger partial charge in [0.25, 0.3) is 0 Å². The molecule has 1 aliphatic carbocycles. The SMILES string of the molecule is CC[C@@]12CC(C(=O)OC)=C3Nc4ccccc4[C@@]34CCN(C[C@@H]3O[C@@H]31)[C@@H]24. The van der Waals surface area contributed by atoms with Crippen LogP contribution in [-0.4, -0.2) is 49.3 Å². The highest BCUT2D eigenvalue weighted by atomic mass is 16.6. The van der Waals surface area contributed by atoms with Crippen molar-refractivity contribution in [1.82, 2.24) is 4.90 Å². The maximum atomic E-state index is 12.8. The topological polar surface area (TPSA) is 54.1 Å². The molecule has 1 spiro atoms. The molecule has 5 heteroatoms. The molecule has 5 nitrogen and oxygen atoms in total. The molecule has 1 aromatic rings. The summed E-state index contributed by atoms with van der Waals surface area (Å²) in [5.74, 6) is -0.188. The molecule has 4 aliphatic heterocycles. The summed E-state index contributed by atoms with van der Waals surface area (Å²) >= 11 is 0. The highest BCUT2D eigenvalue weighted by molar-refractivity contribution is 5.93. The molecule has 0 unspecified atom stereocenters. The van der Waals surface area contributed by atoms with E-state index in [1.165, 1.54) is 12.7 Å². The third-order valence-corrected chi connectivity index (χ3v) is 7.74. The van der Waals surface area contributed by atoms with Gasteiger partial charge in [-0.3, -0.25) is 4.90 Å². The van der Waals surface area contributed by atoms with Gasteiger partial charge in [-0.05, 0) is 37.4 Å². The predicted octanol–water partition coefficient (Wildman–Crippen LogP) is 2.43. The lowest BCUT2D eigenvalue weighted by atomic mass is 9.53. The monoisotopic (exact) mass is 352 g/mol. The summed E-state index contributed by atoms with van der Waals surface area (Å²) in [6.45, 7) is 4.36. The van der Waals surface area contributed by atoms with E-state index < -0.39 is 0 Å². The van der Waals surface area contributed by atoms with Crippen LogP contribution in [0.1, 0.15) is 31.7 Å². The highest BCUT2D eigenvalue weighted by Crippen LogP contribution is 2.68. The number of para-hydroxylation sites is 1. The standard InChI is InChI=1S/C21H24N2O3/c1-3-20-10-12(18(24)25-2)16-21(13-6-4-5-7-14(13)22-16)8-9-23(19(20)21)11-15-17(20)26-15/h4-7,15,17,19,22H,3,8-11H2,1-2H3/t15-,17-,19-,20+,21-/m0/s1. The molecule has 0 radical (unpaired) electrons. The summed E-state index contributed by atoms with van der Waals surface area (Å²) in [5.41, 5.74) is 4.29. The number of anilines is 1.